The number of hydrogen-bond acceptors (Lipinski definition) is 10. The van der Waals surface area contributed by atoms with Gasteiger partial charge in [0, 0.05) is 29.4 Å². The first-order valence-electron chi connectivity index (χ1n) is 11.9. The molecule has 0 spiro atoms. The third-order valence-corrected chi connectivity index (χ3v) is 6.57. The third-order valence-electron chi connectivity index (χ3n) is 6.02. The largest absolute Gasteiger partial charge is 0.733 e. The number of halogens is 2. The summed E-state index contributed by atoms with van der Waals surface area (Å²) in [6.07, 6.45) is 0. The molecule has 1 amide bonds. The number of amides is 1. The summed E-state index contributed by atoms with van der Waals surface area (Å²) in [5.74, 6) is 0.692. The lowest BCUT2D eigenvalue weighted by Gasteiger charge is -2.34. The number of carbonyl (C=O) groups is 1. The van der Waals surface area contributed by atoms with Crippen molar-refractivity contribution in [3.63, 3.8) is 0 Å². The fraction of sp³-hybridized carbons (Fsp3) is 0.280. The van der Waals surface area contributed by atoms with Crippen molar-refractivity contribution in [1.82, 2.24) is 14.9 Å². The number of aromatic nitrogens is 2. The van der Waals surface area contributed by atoms with Gasteiger partial charge in [-0.2, -0.15) is 0 Å². The van der Waals surface area contributed by atoms with Crippen molar-refractivity contribution < 1.29 is 10.0 Å². The smallest absolute Gasteiger partial charge is 0.241 e. The van der Waals surface area contributed by atoms with Crippen molar-refractivity contribution >= 4 is 63.6 Å². The van der Waals surface area contributed by atoms with Crippen LogP contribution >= 0.6 is 23.2 Å². The van der Waals surface area contributed by atoms with E-state index in [0.29, 0.717) is 58.2 Å². The van der Waals surface area contributed by atoms with Crippen molar-refractivity contribution in [1.29, 1.82) is 0 Å². The average molecular weight is 558 g/mol. The molecule has 4 rings (SSSR count). The van der Waals surface area contributed by atoms with Crippen LogP contribution in [0.15, 0.2) is 47.5 Å². The zero-order valence-electron chi connectivity index (χ0n) is 20.9. The minimum Gasteiger partial charge on any atom is -0.733 e. The van der Waals surface area contributed by atoms with E-state index in [1.165, 1.54) is 12.1 Å². The molecule has 2 aromatic heterocycles. The topological polar surface area (TPSA) is 146 Å². The zero-order chi connectivity index (χ0) is 27.4. The molecule has 3 heterocycles. The second-order valence-corrected chi connectivity index (χ2v) is 9.49. The van der Waals surface area contributed by atoms with Gasteiger partial charge in [0.25, 0.3) is 0 Å². The third kappa shape index (κ3) is 6.32. The minimum atomic E-state index is -0.346. The van der Waals surface area contributed by atoms with Crippen molar-refractivity contribution in [3.8, 4) is 11.3 Å². The van der Waals surface area contributed by atoms with Crippen LogP contribution in [0.2, 0.25) is 10.0 Å². The van der Waals surface area contributed by atoms with Gasteiger partial charge < -0.3 is 26.4 Å². The number of nitrogens with zero attached hydrogens (tertiary/aromatic N) is 6. The number of likely N-dealkylation sites (N-methyl/N-ethyl adjacent to an activating group) is 1. The average Bonchev–Trinajstić information content (AvgIpc) is 2.87. The van der Waals surface area contributed by atoms with Gasteiger partial charge in [-0.15, -0.1) is 0 Å². The Morgan fingerprint density at radius 1 is 1.21 bits per heavy atom. The van der Waals surface area contributed by atoms with E-state index in [9.17, 15) is 10.0 Å². The molecule has 0 bridgehead atoms. The Bertz CT molecular complexity index is 1370. The van der Waals surface area contributed by atoms with E-state index in [1.54, 1.807) is 36.1 Å². The Hall–Kier alpha value is -3.48. The number of hydrogen-bond donors (Lipinski definition) is 3. The Labute approximate surface area is 230 Å². The second kappa shape index (κ2) is 11.9. The summed E-state index contributed by atoms with van der Waals surface area (Å²) in [6, 6.07) is 11.6. The maximum Gasteiger partial charge on any atom is 0.241 e. The van der Waals surface area contributed by atoms with Crippen molar-refractivity contribution in [2.75, 3.05) is 53.9 Å². The quantitative estimate of drug-likeness (QED) is 0.267. The number of pyridine rings is 2. The van der Waals surface area contributed by atoms with Crippen LogP contribution in [0.1, 0.15) is 13.8 Å². The highest BCUT2D eigenvalue weighted by Crippen LogP contribution is 2.37. The van der Waals surface area contributed by atoms with Gasteiger partial charge in [0.1, 0.15) is 5.82 Å². The van der Waals surface area contributed by atoms with Crippen molar-refractivity contribution in [2.45, 2.75) is 13.8 Å². The fourth-order valence-electron chi connectivity index (χ4n) is 4.03. The van der Waals surface area contributed by atoms with Crippen LogP contribution in [-0.4, -0.2) is 64.4 Å². The Balaban J connectivity index is 1.60. The Morgan fingerprint density at radius 2 is 2.00 bits per heavy atom. The van der Waals surface area contributed by atoms with Crippen molar-refractivity contribution in [3.05, 3.63) is 57.7 Å². The summed E-state index contributed by atoms with van der Waals surface area (Å²) in [7, 11) is 0. The number of benzene rings is 1. The maximum absolute atomic E-state index is 13.0. The monoisotopic (exact) mass is 557 g/mol. The summed E-state index contributed by atoms with van der Waals surface area (Å²) >= 11 is 12.7. The molecule has 1 aliphatic heterocycles. The molecule has 1 fully saturated rings. The van der Waals surface area contributed by atoms with Crippen LogP contribution in [0.4, 0.5) is 28.8 Å². The minimum absolute atomic E-state index is 0.00554. The van der Waals surface area contributed by atoms with Crippen molar-refractivity contribution in [2.24, 2.45) is 4.99 Å². The Kier molecular flexibility index (Phi) is 8.65. The lowest BCUT2D eigenvalue weighted by atomic mass is 10.1. The molecule has 200 valence electrons. The second-order valence-electron chi connectivity index (χ2n) is 8.65. The van der Waals surface area contributed by atoms with E-state index in [2.05, 4.69) is 20.2 Å². The predicted molar refractivity (Wildman–Crippen MR) is 152 cm³/mol. The lowest BCUT2D eigenvalue weighted by molar-refractivity contribution is -0.121. The van der Waals surface area contributed by atoms with Gasteiger partial charge in [-0.25, -0.2) is 15.0 Å². The van der Waals surface area contributed by atoms with Crippen LogP contribution in [-0.2, 0) is 4.79 Å². The number of anilines is 4. The summed E-state index contributed by atoms with van der Waals surface area (Å²) < 4.78 is 0. The van der Waals surface area contributed by atoms with E-state index < -0.39 is 0 Å². The molecule has 13 heteroatoms. The molecule has 1 aliphatic rings. The normalized spacial score (nSPS) is 14.6. The molecule has 4 N–H and O–H groups in total. The predicted octanol–water partition coefficient (Wildman–Crippen LogP) is 4.60. The molecule has 0 radical (unpaired) electrons. The highest BCUT2D eigenvalue weighted by molar-refractivity contribution is 6.36. The summed E-state index contributed by atoms with van der Waals surface area (Å²) in [4.78, 5) is 30.0. The van der Waals surface area contributed by atoms with Gasteiger partial charge in [0.15, 0.2) is 11.6 Å². The highest BCUT2D eigenvalue weighted by Gasteiger charge is 2.27. The maximum atomic E-state index is 13.0. The van der Waals surface area contributed by atoms with Crippen LogP contribution in [0.5, 0.6) is 0 Å². The molecular formula is C25H27Cl2N8O3-. The first-order valence-corrected chi connectivity index (χ1v) is 12.6. The molecule has 0 aliphatic carbocycles. The standard InChI is InChI=1S/C25H27Cl2N8O3/c1-3-33-10-11-34(23(36)14-33)19-6-8-21(31-24(19)17-5-4-16(26)12-18(17)27)29-13-15(2)30-22-9-7-20(35(37)38)25(28)32-22/h4-9,12,37H,3,10-11,13-14H2,1-2H3,(H2,28,32)(H,29,31)/q-1. The van der Waals surface area contributed by atoms with Crippen LogP contribution in [0.3, 0.4) is 0 Å². The van der Waals surface area contributed by atoms with E-state index in [-0.39, 0.29) is 28.5 Å². The van der Waals surface area contributed by atoms with E-state index in [4.69, 9.17) is 39.1 Å². The number of nitrogens with two attached hydrogens (primary N) is 1. The van der Waals surface area contributed by atoms with Gasteiger partial charge >= 0.3 is 0 Å². The van der Waals surface area contributed by atoms with Gasteiger partial charge in [0.05, 0.1) is 35.2 Å². The summed E-state index contributed by atoms with van der Waals surface area (Å²) in [6.45, 7) is 6.60. The molecule has 1 saturated heterocycles. The summed E-state index contributed by atoms with van der Waals surface area (Å²) in [5.41, 5.74) is 8.08. The van der Waals surface area contributed by atoms with Crippen LogP contribution in [0, 0.1) is 5.21 Å². The number of carbonyl (C=O) groups excluding carboxylic acids is 1. The first kappa shape index (κ1) is 27.6. The number of nitrogen functional groups attached to an aromatic ring is 1. The zero-order valence-corrected chi connectivity index (χ0v) is 22.4. The Morgan fingerprint density at radius 3 is 2.66 bits per heavy atom. The molecular weight excluding hydrogens is 531 g/mol. The van der Waals surface area contributed by atoms with Gasteiger partial charge in [0.2, 0.25) is 5.91 Å². The first-order chi connectivity index (χ1) is 18.2. The van der Waals surface area contributed by atoms with Crippen LogP contribution < -0.4 is 21.2 Å². The van der Waals surface area contributed by atoms with Crippen LogP contribution in [0.25, 0.3) is 11.3 Å². The van der Waals surface area contributed by atoms with E-state index in [0.717, 1.165) is 13.1 Å². The molecule has 0 atom stereocenters. The number of rotatable bonds is 8. The van der Waals surface area contributed by atoms with E-state index >= 15 is 0 Å². The molecule has 3 aromatic rings. The molecule has 0 unspecified atom stereocenters. The number of aliphatic imine (C=N–C) groups is 1. The van der Waals surface area contributed by atoms with E-state index in [1.807, 2.05) is 13.0 Å². The number of nitrogens with one attached hydrogen (secondary N) is 1. The SMILES string of the molecule is CCN1CCN(c2ccc(NCC(C)=Nc3ccc(N([O-])O)c(N)n3)nc2-c2ccc(Cl)cc2Cl)C(=O)C1. The summed E-state index contributed by atoms with van der Waals surface area (Å²) in [5, 5.41) is 23.9. The highest BCUT2D eigenvalue weighted by atomic mass is 35.5. The molecule has 11 nitrogen and oxygen atoms in total. The van der Waals surface area contributed by atoms with Gasteiger partial charge in [-0.1, -0.05) is 30.1 Å². The lowest BCUT2D eigenvalue weighted by Crippen LogP contribution is -2.50. The fourth-order valence-corrected chi connectivity index (χ4v) is 4.53. The van der Waals surface area contributed by atoms with Gasteiger partial charge in [-0.05, 0) is 55.9 Å². The number of piperazine rings is 1. The molecule has 0 saturated carbocycles. The van der Waals surface area contributed by atoms with Gasteiger partial charge in [-0.3, -0.25) is 14.9 Å². The molecule has 1 aromatic carbocycles. The molecule has 38 heavy (non-hydrogen) atoms.